The van der Waals surface area contributed by atoms with Crippen LogP contribution < -0.4 is 5.32 Å². The fourth-order valence-corrected chi connectivity index (χ4v) is 2.63. The normalized spacial score (nSPS) is 16.6. The number of rotatable bonds is 8. The van der Waals surface area contributed by atoms with Crippen LogP contribution >= 0.6 is 0 Å². The van der Waals surface area contributed by atoms with Gasteiger partial charge < -0.3 is 10.2 Å². The summed E-state index contributed by atoms with van der Waals surface area (Å²) in [6.45, 7) is 9.88. The second kappa shape index (κ2) is 7.18. The van der Waals surface area contributed by atoms with Gasteiger partial charge in [0.05, 0.1) is 0 Å². The number of hydrogen-bond acceptors (Lipinski definition) is 4. The molecular weight excluding hydrogens is 250 g/mol. The highest BCUT2D eigenvalue weighted by Crippen LogP contribution is 2.23. The third-order valence-corrected chi connectivity index (χ3v) is 4.46. The van der Waals surface area contributed by atoms with Crippen LogP contribution in [0.1, 0.15) is 39.9 Å². The summed E-state index contributed by atoms with van der Waals surface area (Å²) in [6, 6.07) is 0.345. The van der Waals surface area contributed by atoms with E-state index in [0.717, 1.165) is 25.2 Å². The zero-order valence-electron chi connectivity index (χ0n) is 14.1. The van der Waals surface area contributed by atoms with Crippen LogP contribution in [0.5, 0.6) is 0 Å². The van der Waals surface area contributed by atoms with Crippen LogP contribution in [0, 0.1) is 5.92 Å². The van der Waals surface area contributed by atoms with Gasteiger partial charge in [0.25, 0.3) is 0 Å². The van der Waals surface area contributed by atoms with Crippen molar-refractivity contribution >= 4 is 0 Å². The molecule has 20 heavy (non-hydrogen) atoms. The Balaban J connectivity index is 2.91. The lowest BCUT2D eigenvalue weighted by molar-refractivity contribution is 0.114. The lowest BCUT2D eigenvalue weighted by Crippen LogP contribution is -2.57. The fraction of sp³-hybridized carbons (Fsp3) is 0.867. The van der Waals surface area contributed by atoms with Crippen molar-refractivity contribution in [3.8, 4) is 0 Å². The van der Waals surface area contributed by atoms with Gasteiger partial charge in [-0.15, -0.1) is 0 Å². The molecule has 2 unspecified atom stereocenters. The average molecular weight is 281 g/mol. The molecule has 0 aliphatic carbocycles. The molecule has 5 heteroatoms. The lowest BCUT2D eigenvalue weighted by Gasteiger charge is -2.42. The maximum atomic E-state index is 4.46. The van der Waals surface area contributed by atoms with E-state index in [1.807, 2.05) is 11.7 Å². The summed E-state index contributed by atoms with van der Waals surface area (Å²) in [5, 5.41) is 7.83. The van der Waals surface area contributed by atoms with Crippen LogP contribution in [-0.2, 0) is 13.0 Å². The average Bonchev–Trinajstić information content (AvgIpc) is 2.81. The highest BCUT2D eigenvalue weighted by Gasteiger charge is 2.34. The van der Waals surface area contributed by atoms with E-state index in [1.165, 1.54) is 0 Å². The maximum absolute atomic E-state index is 4.46. The van der Waals surface area contributed by atoms with Crippen molar-refractivity contribution < 1.29 is 0 Å². The standard InChI is InChI=1S/C15H31N5/c1-8-15(4,19(6)7)13(16-5)9-14-17-11-18-20(14)10-12(2)3/h11-13,16H,8-10H2,1-7H3. The smallest absolute Gasteiger partial charge is 0.138 e. The number of likely N-dealkylation sites (N-methyl/N-ethyl adjacent to an activating group) is 2. The highest BCUT2D eigenvalue weighted by molar-refractivity contribution is 5.00. The molecule has 0 fully saturated rings. The molecule has 0 saturated carbocycles. The minimum Gasteiger partial charge on any atom is -0.315 e. The van der Waals surface area contributed by atoms with Crippen molar-refractivity contribution in [3.05, 3.63) is 12.2 Å². The summed E-state index contributed by atoms with van der Waals surface area (Å²) in [5.41, 5.74) is 0.101. The van der Waals surface area contributed by atoms with Crippen molar-refractivity contribution in [2.45, 2.75) is 58.7 Å². The Morgan fingerprint density at radius 2 is 2.05 bits per heavy atom. The summed E-state index contributed by atoms with van der Waals surface area (Å²) in [7, 11) is 6.32. The first-order chi connectivity index (χ1) is 9.35. The summed E-state index contributed by atoms with van der Waals surface area (Å²) in [5.74, 6) is 1.65. The molecular formula is C15H31N5. The molecule has 1 N–H and O–H groups in total. The number of nitrogens with zero attached hydrogens (tertiary/aromatic N) is 4. The molecule has 5 nitrogen and oxygen atoms in total. The van der Waals surface area contributed by atoms with Crippen molar-refractivity contribution in [1.82, 2.24) is 25.0 Å². The molecule has 0 aliphatic rings. The molecule has 0 amide bonds. The van der Waals surface area contributed by atoms with E-state index in [-0.39, 0.29) is 5.54 Å². The topological polar surface area (TPSA) is 46.0 Å². The molecule has 0 radical (unpaired) electrons. The SMILES string of the molecule is CCC(C)(C(Cc1ncnn1CC(C)C)NC)N(C)C. The van der Waals surface area contributed by atoms with Gasteiger partial charge in [0, 0.05) is 24.5 Å². The van der Waals surface area contributed by atoms with Crippen molar-refractivity contribution in [3.63, 3.8) is 0 Å². The molecule has 1 aromatic heterocycles. The largest absolute Gasteiger partial charge is 0.315 e. The maximum Gasteiger partial charge on any atom is 0.138 e. The van der Waals surface area contributed by atoms with E-state index in [4.69, 9.17) is 0 Å². The van der Waals surface area contributed by atoms with Gasteiger partial charge in [-0.25, -0.2) is 9.67 Å². The zero-order valence-corrected chi connectivity index (χ0v) is 14.1. The molecule has 116 valence electrons. The van der Waals surface area contributed by atoms with E-state index in [0.29, 0.717) is 12.0 Å². The minimum atomic E-state index is 0.101. The van der Waals surface area contributed by atoms with Crippen LogP contribution in [0.25, 0.3) is 0 Å². The Morgan fingerprint density at radius 3 is 2.50 bits per heavy atom. The van der Waals surface area contributed by atoms with Crippen molar-refractivity contribution in [1.29, 1.82) is 0 Å². The number of hydrogen-bond donors (Lipinski definition) is 1. The van der Waals surface area contributed by atoms with Crippen molar-refractivity contribution in [2.24, 2.45) is 5.92 Å². The van der Waals surface area contributed by atoms with E-state index >= 15 is 0 Å². The minimum absolute atomic E-state index is 0.101. The van der Waals surface area contributed by atoms with Gasteiger partial charge in [0.15, 0.2) is 0 Å². The first-order valence-corrected chi connectivity index (χ1v) is 7.56. The third kappa shape index (κ3) is 3.79. The fourth-order valence-electron chi connectivity index (χ4n) is 2.63. The molecule has 0 aromatic carbocycles. The van der Waals surface area contributed by atoms with E-state index < -0.39 is 0 Å². The van der Waals surface area contributed by atoms with Gasteiger partial charge >= 0.3 is 0 Å². The quantitative estimate of drug-likeness (QED) is 0.789. The van der Waals surface area contributed by atoms with Gasteiger partial charge in [0.1, 0.15) is 12.2 Å². The van der Waals surface area contributed by atoms with Gasteiger partial charge in [-0.3, -0.25) is 0 Å². The first-order valence-electron chi connectivity index (χ1n) is 7.56. The van der Waals surface area contributed by atoms with Crippen LogP contribution in [-0.4, -0.2) is 52.4 Å². The number of aromatic nitrogens is 3. The molecule has 1 rings (SSSR count). The second-order valence-corrected chi connectivity index (χ2v) is 6.40. The lowest BCUT2D eigenvalue weighted by atomic mass is 9.85. The van der Waals surface area contributed by atoms with Crippen molar-refractivity contribution in [2.75, 3.05) is 21.1 Å². The van der Waals surface area contributed by atoms with Gasteiger partial charge in [-0.2, -0.15) is 5.10 Å². The van der Waals surface area contributed by atoms with Crippen LogP contribution in [0.4, 0.5) is 0 Å². The Morgan fingerprint density at radius 1 is 1.40 bits per heavy atom. The van der Waals surface area contributed by atoms with Crippen LogP contribution in [0.2, 0.25) is 0 Å². The predicted molar refractivity (Wildman–Crippen MR) is 83.8 cm³/mol. The monoisotopic (exact) mass is 281 g/mol. The summed E-state index contributed by atoms with van der Waals surface area (Å²) in [4.78, 5) is 6.76. The molecule has 0 aliphatic heterocycles. The Hall–Kier alpha value is -0.940. The van der Waals surface area contributed by atoms with E-state index in [2.05, 4.69) is 62.1 Å². The first kappa shape index (κ1) is 17.1. The van der Waals surface area contributed by atoms with Gasteiger partial charge in [-0.1, -0.05) is 20.8 Å². The molecule has 0 spiro atoms. The second-order valence-electron chi connectivity index (χ2n) is 6.40. The summed E-state index contributed by atoms with van der Waals surface area (Å²) < 4.78 is 2.04. The summed E-state index contributed by atoms with van der Waals surface area (Å²) >= 11 is 0. The Kier molecular flexibility index (Phi) is 6.14. The molecule has 0 saturated heterocycles. The zero-order chi connectivity index (χ0) is 15.3. The Labute approximate surface area is 123 Å². The molecule has 1 aromatic rings. The highest BCUT2D eigenvalue weighted by atomic mass is 15.3. The number of nitrogens with one attached hydrogen (secondary N) is 1. The third-order valence-electron chi connectivity index (χ3n) is 4.46. The Bertz CT molecular complexity index is 399. The van der Waals surface area contributed by atoms with Crippen LogP contribution in [0.15, 0.2) is 6.33 Å². The van der Waals surface area contributed by atoms with E-state index in [1.54, 1.807) is 6.33 Å². The summed E-state index contributed by atoms with van der Waals surface area (Å²) in [6.07, 6.45) is 3.65. The van der Waals surface area contributed by atoms with Gasteiger partial charge in [-0.05, 0) is 40.4 Å². The molecule has 0 bridgehead atoms. The molecule has 2 atom stereocenters. The predicted octanol–water partition coefficient (Wildman–Crippen LogP) is 1.79. The molecule has 1 heterocycles. The van der Waals surface area contributed by atoms with E-state index in [9.17, 15) is 0 Å². The van der Waals surface area contributed by atoms with Crippen LogP contribution in [0.3, 0.4) is 0 Å². The van der Waals surface area contributed by atoms with Gasteiger partial charge in [0.2, 0.25) is 0 Å².